The van der Waals surface area contributed by atoms with E-state index < -0.39 is 0 Å². The molecular formula is C12H17Cl. The molecule has 0 spiro atoms. The summed E-state index contributed by atoms with van der Waals surface area (Å²) in [4.78, 5) is 0. The van der Waals surface area contributed by atoms with E-state index in [1.165, 1.54) is 12.0 Å². The predicted molar refractivity (Wildman–Crippen MR) is 58.8 cm³/mol. The van der Waals surface area contributed by atoms with Crippen LogP contribution in [0.5, 0.6) is 0 Å². The molecule has 0 aromatic heterocycles. The Morgan fingerprint density at radius 1 is 1.69 bits per heavy atom. The van der Waals surface area contributed by atoms with E-state index in [2.05, 4.69) is 18.9 Å². The van der Waals surface area contributed by atoms with Crippen LogP contribution >= 0.6 is 11.6 Å². The fourth-order valence-corrected chi connectivity index (χ4v) is 2.39. The number of alkyl halides is 1. The van der Waals surface area contributed by atoms with Crippen LogP contribution in [-0.4, -0.2) is 5.38 Å². The van der Waals surface area contributed by atoms with E-state index in [0.29, 0.717) is 0 Å². The Kier molecular flexibility index (Phi) is 4.39. The summed E-state index contributed by atoms with van der Waals surface area (Å²) < 4.78 is 0. The van der Waals surface area contributed by atoms with Crippen LogP contribution in [0.1, 0.15) is 39.0 Å². The Morgan fingerprint density at radius 2 is 2.46 bits per heavy atom. The summed E-state index contributed by atoms with van der Waals surface area (Å²) in [6, 6.07) is 0. The number of terminal acetylenes is 1. The second-order valence-corrected chi connectivity index (χ2v) is 4.50. The van der Waals surface area contributed by atoms with Gasteiger partial charge in [-0.05, 0) is 31.6 Å². The van der Waals surface area contributed by atoms with Gasteiger partial charge in [0.15, 0.2) is 0 Å². The van der Waals surface area contributed by atoms with Crippen LogP contribution in [0.25, 0.3) is 0 Å². The van der Waals surface area contributed by atoms with Crippen molar-refractivity contribution < 1.29 is 0 Å². The van der Waals surface area contributed by atoms with Gasteiger partial charge in [-0.1, -0.05) is 18.6 Å². The van der Waals surface area contributed by atoms with Crippen molar-refractivity contribution in [3.63, 3.8) is 0 Å². The Hall–Kier alpha value is -0.410. The maximum Gasteiger partial charge on any atom is 0.0521 e. The molecule has 0 amide bonds. The SMILES string of the molecule is C#CCCCC1=CC(Cl)CC(C)C1. The summed E-state index contributed by atoms with van der Waals surface area (Å²) in [6.07, 6.45) is 12.9. The lowest BCUT2D eigenvalue weighted by atomic mass is 9.88. The minimum atomic E-state index is 0.254. The van der Waals surface area contributed by atoms with E-state index in [1.807, 2.05) is 0 Å². The highest BCUT2D eigenvalue weighted by atomic mass is 35.5. The van der Waals surface area contributed by atoms with Crippen molar-refractivity contribution in [2.45, 2.75) is 44.4 Å². The molecule has 0 bridgehead atoms. The first-order valence-corrected chi connectivity index (χ1v) is 5.43. The smallest absolute Gasteiger partial charge is 0.0521 e. The molecule has 1 aliphatic carbocycles. The molecule has 0 aromatic carbocycles. The van der Waals surface area contributed by atoms with Gasteiger partial charge in [0.05, 0.1) is 5.38 Å². The minimum absolute atomic E-state index is 0.254. The van der Waals surface area contributed by atoms with Crippen molar-refractivity contribution in [3.8, 4) is 12.3 Å². The molecule has 13 heavy (non-hydrogen) atoms. The van der Waals surface area contributed by atoms with Crippen molar-refractivity contribution >= 4 is 11.6 Å². The highest BCUT2D eigenvalue weighted by Crippen LogP contribution is 2.29. The average molecular weight is 197 g/mol. The van der Waals surface area contributed by atoms with Gasteiger partial charge in [-0.3, -0.25) is 0 Å². The topological polar surface area (TPSA) is 0 Å². The van der Waals surface area contributed by atoms with Crippen LogP contribution < -0.4 is 0 Å². The monoisotopic (exact) mass is 196 g/mol. The van der Waals surface area contributed by atoms with Gasteiger partial charge in [0, 0.05) is 6.42 Å². The standard InChI is InChI=1S/C12H17Cl/c1-3-4-5-6-11-7-10(2)8-12(13)9-11/h1,9-10,12H,4-8H2,2H3. The minimum Gasteiger partial charge on any atom is -0.120 e. The highest BCUT2D eigenvalue weighted by Gasteiger charge is 2.16. The molecule has 2 atom stereocenters. The second-order valence-electron chi connectivity index (χ2n) is 3.94. The third-order valence-corrected chi connectivity index (χ3v) is 2.78. The van der Waals surface area contributed by atoms with E-state index in [4.69, 9.17) is 18.0 Å². The maximum atomic E-state index is 6.10. The van der Waals surface area contributed by atoms with Crippen molar-refractivity contribution in [2.24, 2.45) is 5.92 Å². The third-order valence-electron chi connectivity index (χ3n) is 2.47. The highest BCUT2D eigenvalue weighted by molar-refractivity contribution is 6.21. The number of rotatable bonds is 3. The van der Waals surface area contributed by atoms with E-state index in [1.54, 1.807) is 0 Å². The van der Waals surface area contributed by atoms with Gasteiger partial charge in [0.1, 0.15) is 0 Å². The van der Waals surface area contributed by atoms with Gasteiger partial charge < -0.3 is 0 Å². The lowest BCUT2D eigenvalue weighted by Crippen LogP contribution is -2.11. The zero-order valence-corrected chi connectivity index (χ0v) is 8.98. The van der Waals surface area contributed by atoms with Crippen molar-refractivity contribution in [2.75, 3.05) is 0 Å². The van der Waals surface area contributed by atoms with Crippen LogP contribution in [-0.2, 0) is 0 Å². The third kappa shape index (κ3) is 3.87. The number of hydrogen-bond donors (Lipinski definition) is 0. The van der Waals surface area contributed by atoms with Crippen molar-refractivity contribution in [1.29, 1.82) is 0 Å². The first kappa shape index (κ1) is 10.7. The Labute approximate surface area is 86.4 Å². The zero-order valence-electron chi connectivity index (χ0n) is 8.22. The van der Waals surface area contributed by atoms with Crippen molar-refractivity contribution in [3.05, 3.63) is 11.6 Å². The van der Waals surface area contributed by atoms with Crippen LogP contribution in [0, 0.1) is 18.3 Å². The normalized spacial score (nSPS) is 27.9. The predicted octanol–water partition coefficient (Wildman–Crippen LogP) is 3.75. The Balaban J connectivity index is 2.36. The molecule has 0 nitrogen and oxygen atoms in total. The molecule has 72 valence electrons. The molecule has 1 heteroatoms. The average Bonchev–Trinajstić information content (AvgIpc) is 2.03. The van der Waals surface area contributed by atoms with E-state index in [-0.39, 0.29) is 5.38 Å². The number of halogens is 1. The summed E-state index contributed by atoms with van der Waals surface area (Å²) in [7, 11) is 0. The fourth-order valence-electron chi connectivity index (χ4n) is 1.91. The molecule has 0 radical (unpaired) electrons. The lowest BCUT2D eigenvalue weighted by molar-refractivity contribution is 0.500. The van der Waals surface area contributed by atoms with Gasteiger partial charge >= 0.3 is 0 Å². The van der Waals surface area contributed by atoms with Crippen LogP contribution in [0.15, 0.2) is 11.6 Å². The molecule has 1 rings (SSSR count). The molecule has 0 saturated carbocycles. The summed E-state index contributed by atoms with van der Waals surface area (Å²) in [5, 5.41) is 0.254. The fraction of sp³-hybridized carbons (Fsp3) is 0.667. The molecule has 0 heterocycles. The molecular weight excluding hydrogens is 180 g/mol. The molecule has 0 fully saturated rings. The van der Waals surface area contributed by atoms with E-state index in [9.17, 15) is 0 Å². The molecule has 2 unspecified atom stereocenters. The van der Waals surface area contributed by atoms with Gasteiger partial charge in [-0.2, -0.15) is 0 Å². The summed E-state index contributed by atoms with van der Waals surface area (Å²) in [5.41, 5.74) is 1.51. The van der Waals surface area contributed by atoms with Gasteiger partial charge in [0.25, 0.3) is 0 Å². The summed E-state index contributed by atoms with van der Waals surface area (Å²) in [6.45, 7) is 2.27. The molecule has 0 saturated heterocycles. The van der Waals surface area contributed by atoms with Crippen LogP contribution in [0.3, 0.4) is 0 Å². The largest absolute Gasteiger partial charge is 0.120 e. The lowest BCUT2D eigenvalue weighted by Gasteiger charge is -2.22. The molecule has 1 aliphatic rings. The van der Waals surface area contributed by atoms with Crippen LogP contribution in [0.4, 0.5) is 0 Å². The number of hydrogen-bond acceptors (Lipinski definition) is 0. The maximum absolute atomic E-state index is 6.10. The molecule has 0 aromatic rings. The van der Waals surface area contributed by atoms with E-state index in [0.717, 1.165) is 31.6 Å². The Bertz CT molecular complexity index is 222. The molecule has 0 N–H and O–H groups in total. The second kappa shape index (κ2) is 5.35. The van der Waals surface area contributed by atoms with E-state index >= 15 is 0 Å². The first-order valence-electron chi connectivity index (χ1n) is 4.99. The quantitative estimate of drug-likeness (QED) is 0.279. The Morgan fingerprint density at radius 3 is 3.08 bits per heavy atom. The van der Waals surface area contributed by atoms with Gasteiger partial charge in [-0.25, -0.2) is 0 Å². The van der Waals surface area contributed by atoms with Gasteiger partial charge in [-0.15, -0.1) is 23.9 Å². The summed E-state index contributed by atoms with van der Waals surface area (Å²) >= 11 is 6.10. The number of unbranched alkanes of at least 4 members (excludes halogenated alkanes) is 1. The van der Waals surface area contributed by atoms with Crippen LogP contribution in [0.2, 0.25) is 0 Å². The number of allylic oxidation sites excluding steroid dienone is 2. The van der Waals surface area contributed by atoms with Gasteiger partial charge in [0.2, 0.25) is 0 Å². The zero-order chi connectivity index (χ0) is 9.68. The molecule has 0 aliphatic heterocycles. The first-order chi connectivity index (χ1) is 6.22. The van der Waals surface area contributed by atoms with Crippen molar-refractivity contribution in [1.82, 2.24) is 0 Å². The summed E-state index contributed by atoms with van der Waals surface area (Å²) in [5.74, 6) is 3.41.